The molecule has 0 fully saturated rings. The van der Waals surface area contributed by atoms with Crippen LogP contribution in [-0.2, 0) is 9.57 Å². The van der Waals surface area contributed by atoms with Gasteiger partial charge in [0.15, 0.2) is 0 Å². The van der Waals surface area contributed by atoms with Crippen molar-refractivity contribution in [3.8, 4) is 0 Å². The van der Waals surface area contributed by atoms with Gasteiger partial charge in [-0.05, 0) is 12.8 Å². The van der Waals surface area contributed by atoms with Crippen LogP contribution in [0.25, 0.3) is 0 Å². The molecule has 0 saturated carbocycles. The van der Waals surface area contributed by atoms with Crippen LogP contribution in [0.3, 0.4) is 0 Å². The van der Waals surface area contributed by atoms with E-state index >= 15 is 0 Å². The van der Waals surface area contributed by atoms with Crippen LogP contribution < -0.4 is 0 Å². The summed E-state index contributed by atoms with van der Waals surface area (Å²) >= 11 is 0. The average molecular weight is 177 g/mol. The summed E-state index contributed by atoms with van der Waals surface area (Å²) in [6.07, 6.45) is 3.74. The molecular weight excluding hydrogens is 162 g/mol. The summed E-state index contributed by atoms with van der Waals surface area (Å²) in [4.78, 5) is 13.8. The van der Waals surface area contributed by atoms with Crippen molar-refractivity contribution in [1.82, 2.24) is 0 Å². The van der Waals surface area contributed by atoms with Gasteiger partial charge >= 0.3 is 0 Å². The molecule has 0 rings (SSSR count). The van der Waals surface area contributed by atoms with E-state index in [0.29, 0.717) is 0 Å². The summed E-state index contributed by atoms with van der Waals surface area (Å²) in [7, 11) is 1.66. The second kappa shape index (κ2) is 8.26. The molecule has 0 radical (unpaired) electrons. The number of unbranched alkanes of at least 4 members (excludes halogenated alkanes) is 3. The van der Waals surface area contributed by atoms with Gasteiger partial charge in [-0.1, -0.05) is 12.8 Å². The predicted octanol–water partition coefficient (Wildman–Crippen LogP) is 1.40. The summed E-state index contributed by atoms with van der Waals surface area (Å²) in [5, 5.41) is 8.94. The standard InChI is InChI=1S/C7H15NO4/c1-11-6-4-2-3-5-7-12-8(9)10/h2-7H2,1H3. The quantitative estimate of drug-likeness (QED) is 0.319. The summed E-state index contributed by atoms with van der Waals surface area (Å²) in [6, 6.07) is 0. The van der Waals surface area contributed by atoms with E-state index < -0.39 is 5.09 Å². The predicted molar refractivity (Wildman–Crippen MR) is 43.3 cm³/mol. The highest BCUT2D eigenvalue weighted by molar-refractivity contribution is 4.40. The van der Waals surface area contributed by atoms with Crippen molar-refractivity contribution >= 4 is 0 Å². The molecule has 0 aliphatic carbocycles. The fourth-order valence-electron chi connectivity index (χ4n) is 0.841. The van der Waals surface area contributed by atoms with Crippen molar-refractivity contribution in [1.29, 1.82) is 0 Å². The van der Waals surface area contributed by atoms with Gasteiger partial charge in [-0.2, -0.15) is 0 Å². The van der Waals surface area contributed by atoms with Crippen LogP contribution in [0.2, 0.25) is 0 Å². The van der Waals surface area contributed by atoms with E-state index in [0.717, 1.165) is 32.3 Å². The second-order valence-electron chi connectivity index (χ2n) is 2.46. The zero-order valence-electron chi connectivity index (χ0n) is 7.32. The van der Waals surface area contributed by atoms with Crippen LogP contribution in [0.15, 0.2) is 0 Å². The van der Waals surface area contributed by atoms with E-state index in [1.807, 2.05) is 0 Å². The Kier molecular flexibility index (Phi) is 7.68. The normalized spacial score (nSPS) is 9.75. The molecule has 0 spiro atoms. The lowest BCUT2D eigenvalue weighted by Crippen LogP contribution is -2.01. The molecule has 0 aliphatic heterocycles. The first kappa shape index (κ1) is 11.2. The maximum absolute atomic E-state index is 9.70. The Balaban J connectivity index is 2.86. The van der Waals surface area contributed by atoms with Crippen molar-refractivity contribution in [2.45, 2.75) is 25.7 Å². The maximum Gasteiger partial charge on any atom is 0.294 e. The number of hydrogen-bond donors (Lipinski definition) is 0. The molecule has 72 valence electrons. The zero-order valence-corrected chi connectivity index (χ0v) is 7.32. The van der Waals surface area contributed by atoms with Gasteiger partial charge in [-0.3, -0.25) is 0 Å². The molecule has 0 N–H and O–H groups in total. The molecule has 5 nitrogen and oxygen atoms in total. The highest BCUT2D eigenvalue weighted by atomic mass is 16.9. The van der Waals surface area contributed by atoms with Crippen molar-refractivity contribution in [2.75, 3.05) is 20.3 Å². The minimum Gasteiger partial charge on any atom is -0.385 e. The Morgan fingerprint density at radius 1 is 1.17 bits per heavy atom. The second-order valence-corrected chi connectivity index (χ2v) is 2.46. The largest absolute Gasteiger partial charge is 0.385 e. The molecule has 0 aromatic carbocycles. The summed E-state index contributed by atoms with van der Waals surface area (Å²) in [5.74, 6) is 0. The monoisotopic (exact) mass is 177 g/mol. The summed E-state index contributed by atoms with van der Waals surface area (Å²) in [5.41, 5.74) is 0. The topological polar surface area (TPSA) is 61.6 Å². The van der Waals surface area contributed by atoms with Crippen LogP contribution in [0.1, 0.15) is 25.7 Å². The third-order valence-corrected chi connectivity index (χ3v) is 1.44. The van der Waals surface area contributed by atoms with Crippen LogP contribution in [0.5, 0.6) is 0 Å². The molecule has 5 heteroatoms. The fourth-order valence-corrected chi connectivity index (χ4v) is 0.841. The van der Waals surface area contributed by atoms with Gasteiger partial charge in [0.05, 0.1) is 6.61 Å². The highest BCUT2D eigenvalue weighted by Crippen LogP contribution is 1.99. The maximum atomic E-state index is 9.70. The molecule has 0 amide bonds. The molecular formula is C7H15NO4. The van der Waals surface area contributed by atoms with Crippen molar-refractivity contribution in [3.63, 3.8) is 0 Å². The third kappa shape index (κ3) is 9.16. The van der Waals surface area contributed by atoms with Gasteiger partial charge in [-0.15, -0.1) is 10.1 Å². The molecule has 0 aliphatic rings. The van der Waals surface area contributed by atoms with Gasteiger partial charge in [0, 0.05) is 13.7 Å². The molecule has 0 heterocycles. The lowest BCUT2D eigenvalue weighted by atomic mass is 10.2. The minimum atomic E-state index is -0.755. The zero-order chi connectivity index (χ0) is 9.23. The Hall–Kier alpha value is -0.840. The van der Waals surface area contributed by atoms with E-state index in [-0.39, 0.29) is 6.61 Å². The first-order valence-electron chi connectivity index (χ1n) is 4.03. The Morgan fingerprint density at radius 3 is 2.25 bits per heavy atom. The van der Waals surface area contributed by atoms with E-state index in [1.54, 1.807) is 7.11 Å². The minimum absolute atomic E-state index is 0.208. The third-order valence-electron chi connectivity index (χ3n) is 1.44. The fraction of sp³-hybridized carbons (Fsp3) is 1.00. The SMILES string of the molecule is COCCCCCCO[N+](=O)[O-]. The highest BCUT2D eigenvalue weighted by Gasteiger charge is 1.94. The molecule has 12 heavy (non-hydrogen) atoms. The number of ether oxygens (including phenoxy) is 1. The first-order valence-corrected chi connectivity index (χ1v) is 4.03. The molecule has 0 aromatic rings. The molecule has 0 bridgehead atoms. The number of hydrogen-bond acceptors (Lipinski definition) is 4. The van der Waals surface area contributed by atoms with E-state index in [2.05, 4.69) is 4.84 Å². The Labute approximate surface area is 71.8 Å². The van der Waals surface area contributed by atoms with E-state index in [4.69, 9.17) is 4.74 Å². The molecule has 0 unspecified atom stereocenters. The number of nitrogens with zero attached hydrogens (tertiary/aromatic N) is 1. The smallest absolute Gasteiger partial charge is 0.294 e. The van der Waals surface area contributed by atoms with Gasteiger partial charge in [0.2, 0.25) is 0 Å². The van der Waals surface area contributed by atoms with Crippen LogP contribution in [0.4, 0.5) is 0 Å². The van der Waals surface area contributed by atoms with E-state index in [1.165, 1.54) is 0 Å². The average Bonchev–Trinajstić information content (AvgIpc) is 2.02. The molecule has 0 saturated heterocycles. The summed E-state index contributed by atoms with van der Waals surface area (Å²) in [6.45, 7) is 0.968. The first-order chi connectivity index (χ1) is 5.77. The lowest BCUT2D eigenvalue weighted by molar-refractivity contribution is -0.757. The van der Waals surface area contributed by atoms with Crippen molar-refractivity contribution in [2.24, 2.45) is 0 Å². The Morgan fingerprint density at radius 2 is 1.75 bits per heavy atom. The van der Waals surface area contributed by atoms with Gasteiger partial charge in [-0.25, -0.2) is 0 Å². The lowest BCUT2D eigenvalue weighted by Gasteiger charge is -1.99. The van der Waals surface area contributed by atoms with Crippen LogP contribution in [-0.4, -0.2) is 25.4 Å². The van der Waals surface area contributed by atoms with Gasteiger partial charge in [0.1, 0.15) is 0 Å². The summed E-state index contributed by atoms with van der Waals surface area (Å²) < 4.78 is 4.85. The molecule has 0 aromatic heterocycles. The van der Waals surface area contributed by atoms with Crippen molar-refractivity contribution in [3.05, 3.63) is 10.1 Å². The van der Waals surface area contributed by atoms with Crippen molar-refractivity contribution < 1.29 is 14.7 Å². The van der Waals surface area contributed by atoms with Gasteiger partial charge in [0.25, 0.3) is 5.09 Å². The number of methoxy groups -OCH3 is 1. The number of rotatable bonds is 8. The Bertz CT molecular complexity index is 118. The van der Waals surface area contributed by atoms with Crippen LogP contribution >= 0.6 is 0 Å². The molecule has 0 atom stereocenters. The van der Waals surface area contributed by atoms with E-state index in [9.17, 15) is 10.1 Å². The van der Waals surface area contributed by atoms with Gasteiger partial charge < -0.3 is 9.57 Å². The van der Waals surface area contributed by atoms with Crippen LogP contribution in [0, 0.1) is 10.1 Å².